The van der Waals surface area contributed by atoms with E-state index >= 15 is 0 Å². The van der Waals surface area contributed by atoms with Gasteiger partial charge in [0.1, 0.15) is 0 Å². The molecule has 0 aromatic heterocycles. The second-order valence-electron chi connectivity index (χ2n) is 5.48. The highest BCUT2D eigenvalue weighted by atomic mass is 15.2. The number of aliphatic imine (C=N–C) groups is 1. The highest BCUT2D eigenvalue weighted by Gasteiger charge is 2.35. The van der Waals surface area contributed by atoms with E-state index in [1.807, 2.05) is 0 Å². The summed E-state index contributed by atoms with van der Waals surface area (Å²) in [4.78, 5) is 6.89. The molecule has 0 aliphatic carbocycles. The first kappa shape index (κ1) is 12.7. The number of nitrogens with zero attached hydrogens (tertiary/aromatic N) is 2. The molecular weight excluding hydrogens is 212 g/mol. The van der Waals surface area contributed by atoms with Gasteiger partial charge in [-0.2, -0.15) is 0 Å². The van der Waals surface area contributed by atoms with Crippen molar-refractivity contribution < 1.29 is 0 Å². The zero-order valence-electron chi connectivity index (χ0n) is 11.2. The van der Waals surface area contributed by atoms with E-state index in [4.69, 9.17) is 5.73 Å². The highest BCUT2D eigenvalue weighted by molar-refractivity contribution is 5.78. The van der Waals surface area contributed by atoms with Crippen molar-refractivity contribution >= 4 is 5.96 Å². The Balaban J connectivity index is 1.87. The first-order valence-electron chi connectivity index (χ1n) is 6.99. The van der Waals surface area contributed by atoms with Crippen molar-refractivity contribution in [3.8, 4) is 0 Å². The van der Waals surface area contributed by atoms with Gasteiger partial charge in [-0.1, -0.05) is 13.3 Å². The number of rotatable bonds is 3. The Morgan fingerprint density at radius 3 is 2.59 bits per heavy atom. The van der Waals surface area contributed by atoms with Gasteiger partial charge in [0, 0.05) is 24.7 Å². The summed E-state index contributed by atoms with van der Waals surface area (Å²) in [7, 11) is 2.28. The van der Waals surface area contributed by atoms with Crippen LogP contribution in [0.25, 0.3) is 0 Å². The normalized spacial score (nSPS) is 34.7. The van der Waals surface area contributed by atoms with Crippen molar-refractivity contribution in [3.63, 3.8) is 0 Å². The Morgan fingerprint density at radius 1 is 1.35 bits per heavy atom. The van der Waals surface area contributed by atoms with Crippen molar-refractivity contribution in [1.82, 2.24) is 10.2 Å². The van der Waals surface area contributed by atoms with E-state index in [1.165, 1.54) is 32.1 Å². The first-order chi connectivity index (χ1) is 8.20. The molecule has 0 aromatic carbocycles. The Hall–Kier alpha value is -0.770. The van der Waals surface area contributed by atoms with Crippen LogP contribution in [0.15, 0.2) is 4.99 Å². The molecule has 2 bridgehead atoms. The van der Waals surface area contributed by atoms with E-state index in [0.717, 1.165) is 25.0 Å². The van der Waals surface area contributed by atoms with Gasteiger partial charge in [-0.05, 0) is 39.2 Å². The van der Waals surface area contributed by atoms with Gasteiger partial charge >= 0.3 is 0 Å². The summed E-state index contributed by atoms with van der Waals surface area (Å²) >= 11 is 0. The van der Waals surface area contributed by atoms with Gasteiger partial charge < -0.3 is 16.0 Å². The summed E-state index contributed by atoms with van der Waals surface area (Å²) in [6, 6.07) is 2.03. The van der Waals surface area contributed by atoms with E-state index in [2.05, 4.69) is 29.2 Å². The highest BCUT2D eigenvalue weighted by Crippen LogP contribution is 2.32. The lowest BCUT2D eigenvalue weighted by molar-refractivity contribution is 0.0528. The topological polar surface area (TPSA) is 53.6 Å². The minimum absolute atomic E-state index is 0.530. The Kier molecular flexibility index (Phi) is 4.26. The van der Waals surface area contributed by atoms with E-state index in [0.29, 0.717) is 12.0 Å². The van der Waals surface area contributed by atoms with Gasteiger partial charge in [-0.3, -0.25) is 4.99 Å². The second kappa shape index (κ2) is 5.71. The van der Waals surface area contributed by atoms with Crippen LogP contribution in [-0.2, 0) is 0 Å². The Bertz CT molecular complexity index is 263. The van der Waals surface area contributed by atoms with Crippen molar-refractivity contribution in [2.24, 2.45) is 10.7 Å². The van der Waals surface area contributed by atoms with E-state index in [-0.39, 0.29) is 0 Å². The molecule has 0 aromatic rings. The molecule has 2 unspecified atom stereocenters. The summed E-state index contributed by atoms with van der Waals surface area (Å²) in [5.74, 6) is 0.638. The molecule has 2 saturated heterocycles. The summed E-state index contributed by atoms with van der Waals surface area (Å²) in [6.07, 6.45) is 7.58. The molecule has 2 atom stereocenters. The predicted octanol–water partition coefficient (Wildman–Crippen LogP) is 1.32. The lowest BCUT2D eigenvalue weighted by atomic mass is 9.82. The minimum Gasteiger partial charge on any atom is -0.370 e. The van der Waals surface area contributed by atoms with Crippen LogP contribution in [0.1, 0.15) is 45.4 Å². The zero-order valence-corrected chi connectivity index (χ0v) is 11.2. The van der Waals surface area contributed by atoms with E-state index in [9.17, 15) is 0 Å². The van der Waals surface area contributed by atoms with Gasteiger partial charge in [0.25, 0.3) is 0 Å². The summed E-state index contributed by atoms with van der Waals surface area (Å²) < 4.78 is 0. The molecule has 2 heterocycles. The van der Waals surface area contributed by atoms with Gasteiger partial charge in [0.2, 0.25) is 0 Å². The maximum absolute atomic E-state index is 5.90. The molecule has 17 heavy (non-hydrogen) atoms. The number of guanidine groups is 1. The number of hydrogen-bond donors (Lipinski definition) is 2. The maximum Gasteiger partial charge on any atom is 0.188 e. The Labute approximate surface area is 105 Å². The van der Waals surface area contributed by atoms with E-state index < -0.39 is 0 Å². The lowest BCUT2D eigenvalue weighted by Gasteiger charge is -2.47. The average Bonchev–Trinajstić information content (AvgIpc) is 2.28. The molecule has 4 nitrogen and oxygen atoms in total. The van der Waals surface area contributed by atoms with Gasteiger partial charge in [-0.25, -0.2) is 0 Å². The fourth-order valence-corrected chi connectivity index (χ4v) is 3.22. The SMILES string of the molecule is CCCN=C(N)NC1CC2CCCC(C1)N2C. The molecule has 0 saturated carbocycles. The molecule has 2 fully saturated rings. The van der Waals surface area contributed by atoms with Gasteiger partial charge in [0.05, 0.1) is 0 Å². The van der Waals surface area contributed by atoms with Gasteiger partial charge in [-0.15, -0.1) is 0 Å². The molecule has 2 aliphatic rings. The standard InChI is InChI=1S/C13H26N4/c1-3-7-15-13(14)16-10-8-11-5-4-6-12(9-10)17(11)2/h10-12H,3-9H2,1-2H3,(H3,14,15,16). The first-order valence-corrected chi connectivity index (χ1v) is 6.99. The second-order valence-corrected chi connectivity index (χ2v) is 5.48. The van der Waals surface area contributed by atoms with Crippen molar-refractivity contribution in [2.45, 2.75) is 63.6 Å². The lowest BCUT2D eigenvalue weighted by Crippen LogP contribution is -2.56. The van der Waals surface area contributed by atoms with E-state index in [1.54, 1.807) is 0 Å². The molecule has 3 N–H and O–H groups in total. The maximum atomic E-state index is 5.90. The average molecular weight is 238 g/mol. The number of piperidine rings is 2. The molecule has 0 amide bonds. The molecular formula is C13H26N4. The number of fused-ring (bicyclic) bond motifs is 2. The van der Waals surface area contributed by atoms with Crippen LogP contribution >= 0.6 is 0 Å². The van der Waals surface area contributed by atoms with Crippen LogP contribution in [0.4, 0.5) is 0 Å². The predicted molar refractivity (Wildman–Crippen MR) is 72.1 cm³/mol. The summed E-state index contributed by atoms with van der Waals surface area (Å²) in [5.41, 5.74) is 5.90. The van der Waals surface area contributed by atoms with Crippen LogP contribution in [0.2, 0.25) is 0 Å². The fourth-order valence-electron chi connectivity index (χ4n) is 3.22. The van der Waals surface area contributed by atoms with Crippen LogP contribution < -0.4 is 11.1 Å². The molecule has 0 spiro atoms. The zero-order chi connectivity index (χ0) is 12.3. The van der Waals surface area contributed by atoms with Crippen LogP contribution in [0.3, 0.4) is 0 Å². The quantitative estimate of drug-likeness (QED) is 0.576. The largest absolute Gasteiger partial charge is 0.370 e. The van der Waals surface area contributed by atoms with Crippen molar-refractivity contribution in [1.29, 1.82) is 0 Å². The van der Waals surface area contributed by atoms with Crippen LogP contribution in [0, 0.1) is 0 Å². The third-order valence-electron chi connectivity index (χ3n) is 4.20. The monoisotopic (exact) mass is 238 g/mol. The molecule has 4 heteroatoms. The summed E-state index contributed by atoms with van der Waals surface area (Å²) in [5, 5.41) is 3.40. The fraction of sp³-hybridized carbons (Fsp3) is 0.923. The summed E-state index contributed by atoms with van der Waals surface area (Å²) in [6.45, 7) is 2.95. The smallest absolute Gasteiger partial charge is 0.188 e. The van der Waals surface area contributed by atoms with Crippen molar-refractivity contribution in [3.05, 3.63) is 0 Å². The molecule has 0 radical (unpaired) electrons. The molecule has 98 valence electrons. The Morgan fingerprint density at radius 2 is 2.00 bits per heavy atom. The number of nitrogens with two attached hydrogens (primary N) is 1. The molecule has 2 rings (SSSR count). The van der Waals surface area contributed by atoms with Crippen molar-refractivity contribution in [2.75, 3.05) is 13.6 Å². The minimum atomic E-state index is 0.530. The number of nitrogens with one attached hydrogen (secondary N) is 1. The number of hydrogen-bond acceptors (Lipinski definition) is 2. The third kappa shape index (κ3) is 3.12. The van der Waals surface area contributed by atoms with Gasteiger partial charge in [0.15, 0.2) is 5.96 Å². The van der Waals surface area contributed by atoms with Crippen LogP contribution in [0.5, 0.6) is 0 Å². The van der Waals surface area contributed by atoms with Crippen LogP contribution in [-0.4, -0.2) is 42.6 Å². The molecule has 2 aliphatic heterocycles. The third-order valence-corrected chi connectivity index (χ3v) is 4.20.